The van der Waals surface area contributed by atoms with E-state index in [1.165, 1.54) is 58.2 Å². The molecule has 3 rings (SSSR count). The summed E-state index contributed by atoms with van der Waals surface area (Å²) in [7, 11) is 0. The summed E-state index contributed by atoms with van der Waals surface area (Å²) in [6, 6.07) is 13.5. The van der Waals surface area contributed by atoms with Crippen molar-refractivity contribution < 1.29 is 4.70 Å². The fraction of sp³-hybridized carbons (Fsp3) is 0.467. The van der Waals surface area contributed by atoms with Crippen molar-refractivity contribution in [3.05, 3.63) is 87.0 Å². The number of rotatable bonds is 11. The van der Waals surface area contributed by atoms with Crippen LogP contribution in [0.4, 0.5) is 0 Å². The van der Waals surface area contributed by atoms with Gasteiger partial charge in [-0.05, 0) is 87.8 Å². The quantitative estimate of drug-likeness (QED) is 0.319. The molecule has 0 aromatic heterocycles. The van der Waals surface area contributed by atoms with Crippen LogP contribution >= 0.6 is 0 Å². The van der Waals surface area contributed by atoms with E-state index in [1.54, 1.807) is 0 Å². The number of unbranched alkanes of at least 4 members (excludes halogenated alkanes) is 3. The van der Waals surface area contributed by atoms with Gasteiger partial charge >= 0.3 is 0 Å². The average Bonchev–Trinajstić information content (AvgIpc) is 3.10. The molecule has 0 radical (unpaired) electrons. The molecule has 170 valence electrons. The Bertz CT molecular complexity index is 1020. The molecule has 0 spiro atoms. The molecule has 2 aromatic rings. The highest BCUT2D eigenvalue weighted by molar-refractivity contribution is 5.79. The third kappa shape index (κ3) is 5.85. The minimum atomic E-state index is 0.907. The minimum Gasteiger partial charge on any atom is -0.493 e. The van der Waals surface area contributed by atoms with Crippen molar-refractivity contribution in [3.8, 4) is 0 Å². The molecular weight excluding hydrogens is 388 g/mol. The highest BCUT2D eigenvalue weighted by atomic mass is 15.2. The van der Waals surface area contributed by atoms with Gasteiger partial charge in [0.05, 0.1) is 0 Å². The third-order valence-corrected chi connectivity index (χ3v) is 6.34. The molecule has 1 heterocycles. The lowest BCUT2D eigenvalue weighted by molar-refractivity contribution is -0.344. The molecule has 0 bridgehead atoms. The van der Waals surface area contributed by atoms with Crippen molar-refractivity contribution in [1.82, 2.24) is 0 Å². The summed E-state index contributed by atoms with van der Waals surface area (Å²) in [5.41, 5.74) is 22.0. The number of nitrogens with zero attached hydrogens (tertiary/aromatic N) is 2. The maximum absolute atomic E-state index is 11.4. The molecule has 1 aliphatic rings. The normalized spacial score (nSPS) is 13.8. The highest BCUT2D eigenvalue weighted by Crippen LogP contribution is 2.38. The first kappa shape index (κ1) is 24.2. The Kier molecular flexibility index (Phi) is 8.61. The Hall–Kier alpha value is -2.48. The summed E-state index contributed by atoms with van der Waals surface area (Å²) in [6.45, 7) is 11.0. The van der Waals surface area contributed by atoms with E-state index in [4.69, 9.17) is 0 Å². The van der Waals surface area contributed by atoms with Crippen LogP contribution in [0, 0.1) is 13.8 Å². The number of benzene rings is 2. The average molecular weight is 429 g/mol. The molecule has 0 fully saturated rings. The molecular formula is C30H40N2. The lowest BCUT2D eigenvalue weighted by atomic mass is 9.97. The van der Waals surface area contributed by atoms with Crippen LogP contribution in [0.25, 0.3) is 16.9 Å². The maximum Gasteiger partial charge on any atom is 0.210 e. The van der Waals surface area contributed by atoms with Gasteiger partial charge in [-0.25, -0.2) is 4.70 Å². The molecule has 1 aliphatic heterocycles. The predicted octanol–water partition coefficient (Wildman–Crippen LogP) is 8.98. The summed E-state index contributed by atoms with van der Waals surface area (Å²) >= 11 is 0. The van der Waals surface area contributed by atoms with E-state index < -0.39 is 0 Å². The first-order valence-corrected chi connectivity index (χ1v) is 12.6. The third-order valence-electron chi connectivity index (χ3n) is 6.34. The molecule has 0 unspecified atom stereocenters. The monoisotopic (exact) mass is 428 g/mol. The van der Waals surface area contributed by atoms with Gasteiger partial charge in [-0.2, -0.15) is 0 Å². The van der Waals surface area contributed by atoms with Crippen LogP contribution < -0.4 is 0 Å². The molecule has 0 saturated carbocycles. The van der Waals surface area contributed by atoms with Gasteiger partial charge in [-0.3, -0.25) is 0 Å². The maximum atomic E-state index is 11.4. The van der Waals surface area contributed by atoms with E-state index in [0.717, 1.165) is 54.6 Å². The second kappa shape index (κ2) is 11.4. The van der Waals surface area contributed by atoms with Crippen LogP contribution in [0.15, 0.2) is 48.0 Å². The lowest BCUT2D eigenvalue weighted by Gasteiger charge is -2.13. The van der Waals surface area contributed by atoms with Crippen LogP contribution in [0.1, 0.15) is 99.1 Å². The van der Waals surface area contributed by atoms with E-state index in [-0.39, 0.29) is 0 Å². The molecule has 0 aliphatic carbocycles. The van der Waals surface area contributed by atoms with Gasteiger partial charge in [-0.15, -0.1) is 0 Å². The van der Waals surface area contributed by atoms with Gasteiger partial charge < -0.3 is 5.53 Å². The smallest absolute Gasteiger partial charge is 0.210 e. The zero-order chi connectivity index (χ0) is 23.1. The Labute approximate surface area is 195 Å². The van der Waals surface area contributed by atoms with Crippen molar-refractivity contribution in [2.24, 2.45) is 0 Å². The van der Waals surface area contributed by atoms with Crippen LogP contribution in [-0.4, -0.2) is 4.70 Å². The van der Waals surface area contributed by atoms with Gasteiger partial charge in [-0.1, -0.05) is 63.3 Å². The van der Waals surface area contributed by atoms with Crippen molar-refractivity contribution >= 4 is 11.4 Å². The van der Waals surface area contributed by atoms with Crippen LogP contribution in [0.3, 0.4) is 0 Å². The Morgan fingerprint density at radius 3 is 1.72 bits per heavy atom. The largest absolute Gasteiger partial charge is 0.493 e. The van der Waals surface area contributed by atoms with E-state index in [2.05, 4.69) is 77.1 Å². The zero-order valence-corrected chi connectivity index (χ0v) is 20.8. The Morgan fingerprint density at radius 2 is 1.16 bits per heavy atom. The first-order chi connectivity index (χ1) is 15.5. The standard InChI is InChI=1S/C30H40N2/c1-6-9-12-24-15-22(4)17-27(19-24)29-21-26(14-11-8-3)30(32(29)31)28-18-23(5)16-25(20-28)13-10-7-2/h15-21H,6-14H2,1-5H3. The fourth-order valence-corrected chi connectivity index (χ4v) is 4.68. The van der Waals surface area contributed by atoms with E-state index >= 15 is 0 Å². The SMILES string of the molecule is CCCCC1=C(c2cc(C)cc(CCCC)c2)[N+](=[N-])C(c2cc(C)cc(CCCC)c2)=C1. The summed E-state index contributed by atoms with van der Waals surface area (Å²) in [6.07, 6.45) is 12.4. The lowest BCUT2D eigenvalue weighted by Crippen LogP contribution is -2.04. The van der Waals surface area contributed by atoms with Crippen molar-refractivity contribution in [2.75, 3.05) is 0 Å². The fourth-order valence-electron chi connectivity index (χ4n) is 4.68. The van der Waals surface area contributed by atoms with Gasteiger partial charge in [0.2, 0.25) is 11.4 Å². The van der Waals surface area contributed by atoms with Crippen molar-refractivity contribution in [1.29, 1.82) is 0 Å². The molecule has 0 N–H and O–H groups in total. The van der Waals surface area contributed by atoms with Crippen LogP contribution in [-0.2, 0) is 12.8 Å². The van der Waals surface area contributed by atoms with Gasteiger partial charge in [0.25, 0.3) is 0 Å². The molecule has 2 heteroatoms. The van der Waals surface area contributed by atoms with E-state index in [9.17, 15) is 5.53 Å². The molecule has 2 aromatic carbocycles. The molecule has 0 atom stereocenters. The number of allylic oxidation sites excluding steroid dienone is 2. The first-order valence-electron chi connectivity index (χ1n) is 12.6. The Morgan fingerprint density at radius 1 is 0.656 bits per heavy atom. The van der Waals surface area contributed by atoms with Crippen LogP contribution in [0.2, 0.25) is 0 Å². The summed E-state index contributed by atoms with van der Waals surface area (Å²) < 4.78 is 1.46. The Balaban J connectivity index is 2.01. The van der Waals surface area contributed by atoms with Crippen molar-refractivity contribution in [2.45, 2.75) is 92.4 Å². The predicted molar refractivity (Wildman–Crippen MR) is 138 cm³/mol. The molecule has 2 nitrogen and oxygen atoms in total. The molecule has 0 saturated heterocycles. The van der Waals surface area contributed by atoms with Gasteiger partial charge in [0.1, 0.15) is 0 Å². The number of hydrogen-bond acceptors (Lipinski definition) is 0. The molecule has 32 heavy (non-hydrogen) atoms. The summed E-state index contributed by atoms with van der Waals surface area (Å²) in [5, 5.41) is 0. The van der Waals surface area contributed by atoms with Gasteiger partial charge in [0, 0.05) is 22.8 Å². The number of aryl methyl sites for hydroxylation is 4. The van der Waals surface area contributed by atoms with E-state index in [0.29, 0.717) is 0 Å². The summed E-state index contributed by atoms with van der Waals surface area (Å²) in [5.74, 6) is 0. The summed E-state index contributed by atoms with van der Waals surface area (Å²) in [4.78, 5) is 0. The minimum absolute atomic E-state index is 0.907. The zero-order valence-electron chi connectivity index (χ0n) is 20.8. The second-order valence-electron chi connectivity index (χ2n) is 9.44. The second-order valence-corrected chi connectivity index (χ2v) is 9.44. The van der Waals surface area contributed by atoms with Crippen LogP contribution in [0.5, 0.6) is 0 Å². The van der Waals surface area contributed by atoms with Crippen molar-refractivity contribution in [3.63, 3.8) is 0 Å². The topological polar surface area (TPSA) is 25.3 Å². The number of hydrogen-bond donors (Lipinski definition) is 0. The van der Waals surface area contributed by atoms with Gasteiger partial charge in [0.15, 0.2) is 0 Å². The highest BCUT2D eigenvalue weighted by Gasteiger charge is 2.29. The van der Waals surface area contributed by atoms with E-state index in [1.807, 2.05) is 0 Å². The molecule has 0 amide bonds.